The quantitative estimate of drug-likeness (QED) is 0.826. The van der Waals surface area contributed by atoms with Crippen molar-refractivity contribution in [3.63, 3.8) is 0 Å². The van der Waals surface area contributed by atoms with Crippen molar-refractivity contribution < 1.29 is 14.3 Å². The van der Waals surface area contributed by atoms with Crippen LogP contribution in [-0.2, 0) is 24.1 Å². The number of rotatable bonds is 7. The Kier molecular flexibility index (Phi) is 6.16. The molecule has 26 heavy (non-hydrogen) atoms. The first-order valence-electron chi connectivity index (χ1n) is 9.35. The fourth-order valence-corrected chi connectivity index (χ4v) is 3.31. The number of benzene rings is 2. The Balaban J connectivity index is 1.46. The number of carbonyl (C=O) groups excluding carboxylic acids is 1. The van der Waals surface area contributed by atoms with Gasteiger partial charge < -0.3 is 14.8 Å². The lowest BCUT2D eigenvalue weighted by Crippen LogP contribution is -2.37. The Morgan fingerprint density at radius 1 is 1.04 bits per heavy atom. The van der Waals surface area contributed by atoms with E-state index in [4.69, 9.17) is 9.47 Å². The van der Waals surface area contributed by atoms with Crippen molar-refractivity contribution in [2.45, 2.75) is 45.1 Å². The molecule has 2 aromatic carbocycles. The Bertz CT molecular complexity index is 740. The standard InChI is InChI=1S/C22H27NO3/c1-16(26-21-12-9-18-5-3-4-6-19(18)15-21)22(24)23-14-13-17-7-10-20(25-2)11-8-17/h7-12,15-16H,3-6,13-14H2,1-2H3,(H,23,24)/t16-/m0/s1. The minimum absolute atomic E-state index is 0.0868. The predicted octanol–water partition coefficient (Wildman–Crippen LogP) is 3.70. The highest BCUT2D eigenvalue weighted by Gasteiger charge is 2.16. The summed E-state index contributed by atoms with van der Waals surface area (Å²) in [5, 5.41) is 2.95. The van der Waals surface area contributed by atoms with Crippen LogP contribution in [0.25, 0.3) is 0 Å². The highest BCUT2D eigenvalue weighted by Crippen LogP contribution is 2.25. The van der Waals surface area contributed by atoms with Gasteiger partial charge in [0.25, 0.3) is 5.91 Å². The molecule has 1 amide bonds. The van der Waals surface area contributed by atoms with E-state index in [1.165, 1.54) is 24.0 Å². The zero-order valence-electron chi connectivity index (χ0n) is 15.6. The average Bonchev–Trinajstić information content (AvgIpc) is 2.68. The zero-order valence-corrected chi connectivity index (χ0v) is 15.6. The first-order valence-corrected chi connectivity index (χ1v) is 9.35. The molecular weight excluding hydrogens is 326 g/mol. The van der Waals surface area contributed by atoms with Gasteiger partial charge >= 0.3 is 0 Å². The van der Waals surface area contributed by atoms with Crippen LogP contribution in [0.4, 0.5) is 0 Å². The summed E-state index contributed by atoms with van der Waals surface area (Å²) in [4.78, 5) is 12.3. The molecule has 0 saturated carbocycles. The number of fused-ring (bicyclic) bond motifs is 1. The normalized spacial score (nSPS) is 14.2. The van der Waals surface area contributed by atoms with Crippen LogP contribution in [0.1, 0.15) is 36.5 Å². The molecule has 1 N–H and O–H groups in total. The van der Waals surface area contributed by atoms with Gasteiger partial charge in [-0.05, 0) is 80.0 Å². The van der Waals surface area contributed by atoms with Gasteiger partial charge in [0, 0.05) is 6.54 Å². The largest absolute Gasteiger partial charge is 0.497 e. The van der Waals surface area contributed by atoms with Crippen LogP contribution in [0.15, 0.2) is 42.5 Å². The first kappa shape index (κ1) is 18.3. The van der Waals surface area contributed by atoms with Crippen LogP contribution in [-0.4, -0.2) is 25.7 Å². The fraction of sp³-hybridized carbons (Fsp3) is 0.409. The third-order valence-corrected chi connectivity index (χ3v) is 4.87. The minimum Gasteiger partial charge on any atom is -0.497 e. The molecule has 1 atom stereocenters. The smallest absolute Gasteiger partial charge is 0.260 e. The van der Waals surface area contributed by atoms with E-state index < -0.39 is 6.10 Å². The van der Waals surface area contributed by atoms with E-state index in [1.54, 1.807) is 14.0 Å². The third-order valence-electron chi connectivity index (χ3n) is 4.87. The molecule has 3 rings (SSSR count). The third kappa shape index (κ3) is 4.78. The van der Waals surface area contributed by atoms with E-state index in [9.17, 15) is 4.79 Å². The van der Waals surface area contributed by atoms with Crippen molar-refractivity contribution in [3.05, 3.63) is 59.2 Å². The molecule has 0 aliphatic heterocycles. The number of hydrogen-bond acceptors (Lipinski definition) is 3. The molecular formula is C22H27NO3. The Labute approximate surface area is 155 Å². The molecule has 0 fully saturated rings. The maximum atomic E-state index is 12.3. The molecule has 0 aromatic heterocycles. The van der Waals surface area contributed by atoms with E-state index in [0.717, 1.165) is 36.3 Å². The van der Waals surface area contributed by atoms with E-state index in [0.29, 0.717) is 6.54 Å². The molecule has 0 heterocycles. The van der Waals surface area contributed by atoms with Crippen LogP contribution in [0.2, 0.25) is 0 Å². The Morgan fingerprint density at radius 2 is 1.73 bits per heavy atom. The van der Waals surface area contributed by atoms with E-state index in [2.05, 4.69) is 17.4 Å². The second kappa shape index (κ2) is 8.75. The summed E-state index contributed by atoms with van der Waals surface area (Å²) in [7, 11) is 1.65. The summed E-state index contributed by atoms with van der Waals surface area (Å²) in [5.41, 5.74) is 3.94. The highest BCUT2D eigenvalue weighted by atomic mass is 16.5. The molecule has 0 spiro atoms. The summed E-state index contributed by atoms with van der Waals surface area (Å²) in [6.07, 6.45) is 5.03. The van der Waals surface area contributed by atoms with Crippen molar-refractivity contribution in [1.82, 2.24) is 5.32 Å². The van der Waals surface area contributed by atoms with Crippen molar-refractivity contribution in [2.24, 2.45) is 0 Å². The Morgan fingerprint density at radius 3 is 2.46 bits per heavy atom. The van der Waals surface area contributed by atoms with Gasteiger partial charge in [0.05, 0.1) is 7.11 Å². The van der Waals surface area contributed by atoms with Crippen molar-refractivity contribution >= 4 is 5.91 Å². The van der Waals surface area contributed by atoms with Crippen LogP contribution in [0.3, 0.4) is 0 Å². The van der Waals surface area contributed by atoms with Gasteiger partial charge in [-0.15, -0.1) is 0 Å². The van der Waals surface area contributed by atoms with Gasteiger partial charge in [-0.3, -0.25) is 4.79 Å². The van der Waals surface area contributed by atoms with Crippen LogP contribution < -0.4 is 14.8 Å². The van der Waals surface area contributed by atoms with Crippen molar-refractivity contribution in [2.75, 3.05) is 13.7 Å². The van der Waals surface area contributed by atoms with E-state index in [1.807, 2.05) is 30.3 Å². The Hall–Kier alpha value is -2.49. The first-order chi connectivity index (χ1) is 12.7. The number of nitrogens with one attached hydrogen (secondary N) is 1. The molecule has 4 heteroatoms. The van der Waals surface area contributed by atoms with Gasteiger partial charge in [0.2, 0.25) is 0 Å². The lowest BCUT2D eigenvalue weighted by molar-refractivity contribution is -0.127. The molecule has 0 bridgehead atoms. The van der Waals surface area contributed by atoms with Gasteiger partial charge in [-0.2, -0.15) is 0 Å². The maximum Gasteiger partial charge on any atom is 0.260 e. The van der Waals surface area contributed by atoms with Gasteiger partial charge in [0.15, 0.2) is 6.10 Å². The fourth-order valence-electron chi connectivity index (χ4n) is 3.31. The van der Waals surface area contributed by atoms with Gasteiger partial charge in [-0.1, -0.05) is 18.2 Å². The molecule has 0 saturated heterocycles. The number of methoxy groups -OCH3 is 1. The molecule has 0 radical (unpaired) electrons. The average molecular weight is 353 g/mol. The predicted molar refractivity (Wildman–Crippen MR) is 103 cm³/mol. The second-order valence-electron chi connectivity index (χ2n) is 6.79. The van der Waals surface area contributed by atoms with Crippen LogP contribution in [0, 0.1) is 0 Å². The van der Waals surface area contributed by atoms with Gasteiger partial charge in [-0.25, -0.2) is 0 Å². The molecule has 4 nitrogen and oxygen atoms in total. The number of carbonyl (C=O) groups is 1. The van der Waals surface area contributed by atoms with Crippen LogP contribution >= 0.6 is 0 Å². The minimum atomic E-state index is -0.507. The van der Waals surface area contributed by atoms with E-state index in [-0.39, 0.29) is 5.91 Å². The maximum absolute atomic E-state index is 12.3. The molecule has 1 aliphatic rings. The topological polar surface area (TPSA) is 47.6 Å². The highest BCUT2D eigenvalue weighted by molar-refractivity contribution is 5.80. The van der Waals surface area contributed by atoms with Crippen molar-refractivity contribution in [3.8, 4) is 11.5 Å². The molecule has 2 aromatic rings. The lowest BCUT2D eigenvalue weighted by Gasteiger charge is -2.19. The van der Waals surface area contributed by atoms with E-state index >= 15 is 0 Å². The zero-order chi connectivity index (χ0) is 18.4. The number of hydrogen-bond donors (Lipinski definition) is 1. The summed E-state index contributed by atoms with van der Waals surface area (Å²) in [5.74, 6) is 1.53. The molecule has 138 valence electrons. The lowest BCUT2D eigenvalue weighted by atomic mass is 9.92. The summed E-state index contributed by atoms with van der Waals surface area (Å²) >= 11 is 0. The van der Waals surface area contributed by atoms with Crippen LogP contribution in [0.5, 0.6) is 11.5 Å². The summed E-state index contributed by atoms with van der Waals surface area (Å²) in [6.45, 7) is 2.38. The van der Waals surface area contributed by atoms with Gasteiger partial charge in [0.1, 0.15) is 11.5 Å². The summed E-state index contributed by atoms with van der Waals surface area (Å²) in [6, 6.07) is 14.1. The van der Waals surface area contributed by atoms with Crippen molar-refractivity contribution in [1.29, 1.82) is 0 Å². The molecule has 1 aliphatic carbocycles. The number of ether oxygens (including phenoxy) is 2. The summed E-state index contributed by atoms with van der Waals surface area (Å²) < 4.78 is 11.0. The molecule has 0 unspecified atom stereocenters. The number of aryl methyl sites for hydroxylation is 2. The number of amides is 1. The SMILES string of the molecule is COc1ccc(CCNC(=O)[C@H](C)Oc2ccc3c(c2)CCCC3)cc1. The monoisotopic (exact) mass is 353 g/mol. The second-order valence-corrected chi connectivity index (χ2v) is 6.79.